The van der Waals surface area contributed by atoms with E-state index >= 15 is 0 Å². The third-order valence-corrected chi connectivity index (χ3v) is 5.67. The van der Waals surface area contributed by atoms with Crippen LogP contribution in [0.25, 0.3) is 16.7 Å². The Hall–Kier alpha value is -3.81. The van der Waals surface area contributed by atoms with Crippen molar-refractivity contribution in [2.75, 3.05) is 25.7 Å². The fourth-order valence-corrected chi connectivity index (χ4v) is 4.22. The molecular formula is C23H24N6O2. The first-order valence-electron chi connectivity index (χ1n) is 10.1. The van der Waals surface area contributed by atoms with Gasteiger partial charge in [0.2, 0.25) is 0 Å². The zero-order valence-corrected chi connectivity index (χ0v) is 17.8. The molecule has 0 amide bonds. The summed E-state index contributed by atoms with van der Waals surface area (Å²) in [5.41, 5.74) is 5.85. The number of aromatic amines is 1. The lowest BCUT2D eigenvalue weighted by Gasteiger charge is -2.27. The van der Waals surface area contributed by atoms with Gasteiger partial charge in [-0.3, -0.25) is 0 Å². The zero-order valence-electron chi connectivity index (χ0n) is 17.8. The van der Waals surface area contributed by atoms with E-state index in [2.05, 4.69) is 45.7 Å². The molecule has 5 rings (SSSR count). The van der Waals surface area contributed by atoms with Gasteiger partial charge in [-0.25, -0.2) is 4.98 Å². The highest BCUT2D eigenvalue weighted by atomic mass is 16.5. The molecule has 1 fully saturated rings. The molecule has 0 spiro atoms. The molecule has 31 heavy (non-hydrogen) atoms. The summed E-state index contributed by atoms with van der Waals surface area (Å²) in [6, 6.07) is 10.0. The van der Waals surface area contributed by atoms with Crippen LogP contribution in [0.2, 0.25) is 0 Å². The van der Waals surface area contributed by atoms with Crippen LogP contribution < -0.4 is 14.4 Å². The summed E-state index contributed by atoms with van der Waals surface area (Å²) >= 11 is 0. The molecule has 1 N–H and O–H groups in total. The molecule has 0 bridgehead atoms. The summed E-state index contributed by atoms with van der Waals surface area (Å²) in [5.74, 6) is 2.28. The number of anilines is 1. The van der Waals surface area contributed by atoms with Gasteiger partial charge in [0.25, 0.3) is 0 Å². The highest BCUT2D eigenvalue weighted by molar-refractivity contribution is 5.87. The number of methoxy groups -OCH3 is 2. The molecule has 2 aromatic heterocycles. The van der Waals surface area contributed by atoms with Gasteiger partial charge in [-0.05, 0) is 43.2 Å². The lowest BCUT2D eigenvalue weighted by Crippen LogP contribution is -2.25. The number of benzene rings is 2. The van der Waals surface area contributed by atoms with E-state index in [9.17, 15) is 0 Å². The minimum Gasteiger partial charge on any atom is -0.494 e. The molecule has 1 saturated heterocycles. The molecule has 8 nitrogen and oxygen atoms in total. The highest BCUT2D eigenvalue weighted by Gasteiger charge is 2.33. The predicted octanol–water partition coefficient (Wildman–Crippen LogP) is 3.98. The molecule has 8 heteroatoms. The minimum absolute atomic E-state index is 0.00887. The van der Waals surface area contributed by atoms with Crippen molar-refractivity contribution in [3.8, 4) is 17.2 Å². The van der Waals surface area contributed by atoms with Crippen LogP contribution in [-0.4, -0.2) is 45.7 Å². The summed E-state index contributed by atoms with van der Waals surface area (Å²) in [6.07, 6.45) is 4.16. The summed E-state index contributed by atoms with van der Waals surface area (Å²) in [7, 11) is 3.30. The van der Waals surface area contributed by atoms with Gasteiger partial charge in [-0.15, -0.1) is 4.80 Å². The molecule has 3 heterocycles. The van der Waals surface area contributed by atoms with Gasteiger partial charge < -0.3 is 19.4 Å². The first kappa shape index (κ1) is 19.2. The molecule has 1 aliphatic heterocycles. The Balaban J connectivity index is 1.64. The summed E-state index contributed by atoms with van der Waals surface area (Å²) < 4.78 is 11.1. The monoisotopic (exact) mass is 416 g/mol. The molecule has 4 aromatic rings. The van der Waals surface area contributed by atoms with E-state index in [1.54, 1.807) is 31.4 Å². The van der Waals surface area contributed by atoms with Crippen LogP contribution in [0.1, 0.15) is 23.9 Å². The quantitative estimate of drug-likeness (QED) is 0.496. The fraction of sp³-hybridized carbons (Fsp3) is 0.261. The van der Waals surface area contributed by atoms with Crippen molar-refractivity contribution < 1.29 is 9.47 Å². The van der Waals surface area contributed by atoms with E-state index in [0.29, 0.717) is 5.75 Å². The number of hydrogen-bond donors (Lipinski definition) is 1. The van der Waals surface area contributed by atoms with E-state index in [-0.39, 0.29) is 6.04 Å². The fourth-order valence-electron chi connectivity index (χ4n) is 4.22. The summed E-state index contributed by atoms with van der Waals surface area (Å²) in [6.45, 7) is 7.08. The maximum Gasteiger partial charge on any atom is 0.146 e. The average molecular weight is 416 g/mol. The van der Waals surface area contributed by atoms with Crippen LogP contribution in [0, 0.1) is 6.92 Å². The van der Waals surface area contributed by atoms with Gasteiger partial charge in [-0.2, -0.15) is 10.2 Å². The van der Waals surface area contributed by atoms with E-state index in [1.165, 1.54) is 0 Å². The third-order valence-electron chi connectivity index (χ3n) is 5.67. The molecule has 0 unspecified atom stereocenters. The van der Waals surface area contributed by atoms with E-state index in [1.807, 2.05) is 18.2 Å². The second-order valence-corrected chi connectivity index (χ2v) is 7.72. The van der Waals surface area contributed by atoms with Crippen molar-refractivity contribution in [1.82, 2.24) is 25.0 Å². The van der Waals surface area contributed by atoms with Gasteiger partial charge in [0.15, 0.2) is 0 Å². The van der Waals surface area contributed by atoms with E-state index in [4.69, 9.17) is 14.5 Å². The molecule has 158 valence electrons. The number of fused-ring (bicyclic) bond motifs is 1. The number of rotatable bonds is 5. The van der Waals surface area contributed by atoms with Crippen molar-refractivity contribution in [3.63, 3.8) is 0 Å². The van der Waals surface area contributed by atoms with Crippen LogP contribution in [0.15, 0.2) is 54.9 Å². The smallest absolute Gasteiger partial charge is 0.146 e. The SMILES string of the molecule is C=C1C[C@@H](c2nc3c(OC)ccc(OC)c3[nH]2)N(c2cc(C)ccc2-n2nccn2)C1. The maximum absolute atomic E-state index is 5.54. The molecule has 0 saturated carbocycles. The predicted molar refractivity (Wildman–Crippen MR) is 119 cm³/mol. The lowest BCUT2D eigenvalue weighted by atomic mass is 10.1. The zero-order chi connectivity index (χ0) is 21.5. The molecule has 1 atom stereocenters. The Morgan fingerprint density at radius 1 is 1.03 bits per heavy atom. The van der Waals surface area contributed by atoms with Crippen LogP contribution >= 0.6 is 0 Å². The second kappa shape index (κ2) is 7.46. The normalized spacial score (nSPS) is 16.3. The Bertz CT molecular complexity index is 1220. The first-order valence-corrected chi connectivity index (χ1v) is 10.1. The van der Waals surface area contributed by atoms with Crippen molar-refractivity contribution >= 4 is 16.7 Å². The van der Waals surface area contributed by atoms with Crippen LogP contribution in [0.3, 0.4) is 0 Å². The van der Waals surface area contributed by atoms with Gasteiger partial charge in [0, 0.05) is 6.54 Å². The van der Waals surface area contributed by atoms with Gasteiger partial charge in [-0.1, -0.05) is 18.2 Å². The maximum atomic E-state index is 5.54. The molecule has 0 aliphatic carbocycles. The third kappa shape index (κ3) is 3.20. The number of hydrogen-bond acceptors (Lipinski definition) is 6. The minimum atomic E-state index is -0.00887. The molecular weight excluding hydrogens is 392 g/mol. The number of nitrogens with one attached hydrogen (secondary N) is 1. The summed E-state index contributed by atoms with van der Waals surface area (Å²) in [5, 5.41) is 8.69. The van der Waals surface area contributed by atoms with Crippen molar-refractivity contribution in [1.29, 1.82) is 0 Å². The molecule has 1 aliphatic rings. The Morgan fingerprint density at radius 3 is 2.52 bits per heavy atom. The number of nitrogens with zero attached hydrogens (tertiary/aromatic N) is 5. The van der Waals surface area contributed by atoms with Crippen LogP contribution in [-0.2, 0) is 0 Å². The number of aromatic nitrogens is 5. The number of H-pyrrole nitrogens is 1. The highest BCUT2D eigenvalue weighted by Crippen LogP contribution is 2.41. The van der Waals surface area contributed by atoms with Crippen molar-refractivity contribution in [2.24, 2.45) is 0 Å². The Labute approximate surface area is 180 Å². The van der Waals surface area contributed by atoms with Crippen LogP contribution in [0.5, 0.6) is 11.5 Å². The van der Waals surface area contributed by atoms with E-state index < -0.39 is 0 Å². The largest absolute Gasteiger partial charge is 0.494 e. The second-order valence-electron chi connectivity index (χ2n) is 7.72. The standard InChI is InChI=1S/C23H24N6O2/c1-14-5-6-16(29-24-9-10-25-29)17(11-14)28-13-15(2)12-18(28)23-26-21-19(30-3)7-8-20(31-4)22(21)27-23/h5-11,18H,2,12-13H2,1,3-4H3,(H,26,27)/t18-/m0/s1. The van der Waals surface area contributed by atoms with Crippen LogP contribution in [0.4, 0.5) is 5.69 Å². The Morgan fingerprint density at radius 2 is 1.77 bits per heavy atom. The number of imidazole rings is 1. The first-order chi connectivity index (χ1) is 15.1. The van der Waals surface area contributed by atoms with E-state index in [0.717, 1.165) is 58.1 Å². The average Bonchev–Trinajstić information content (AvgIpc) is 3.52. The topological polar surface area (TPSA) is 81.1 Å². The molecule has 0 radical (unpaired) electrons. The van der Waals surface area contributed by atoms with Crippen molar-refractivity contribution in [3.05, 3.63) is 66.3 Å². The molecule has 2 aromatic carbocycles. The summed E-state index contributed by atoms with van der Waals surface area (Å²) in [4.78, 5) is 12.4. The number of ether oxygens (including phenoxy) is 2. The number of aryl methyl sites for hydroxylation is 1. The van der Waals surface area contributed by atoms with Crippen molar-refractivity contribution in [2.45, 2.75) is 19.4 Å². The van der Waals surface area contributed by atoms with Gasteiger partial charge >= 0.3 is 0 Å². The van der Waals surface area contributed by atoms with Gasteiger partial charge in [0.1, 0.15) is 34.0 Å². The van der Waals surface area contributed by atoms with Gasteiger partial charge in [0.05, 0.1) is 38.3 Å². The lowest BCUT2D eigenvalue weighted by molar-refractivity contribution is 0.409. The Kier molecular flexibility index (Phi) is 4.62.